The third-order valence-corrected chi connectivity index (χ3v) is 4.05. The molecule has 1 amide bonds. The van der Waals surface area contributed by atoms with Crippen LogP contribution in [0.15, 0.2) is 56.5 Å². The molecule has 7 nitrogen and oxygen atoms in total. The van der Waals surface area contributed by atoms with Crippen LogP contribution in [-0.4, -0.2) is 28.0 Å². The van der Waals surface area contributed by atoms with E-state index in [1.807, 2.05) is 30.3 Å². The predicted octanol–water partition coefficient (Wildman–Crippen LogP) is 2.39. The van der Waals surface area contributed by atoms with Crippen LogP contribution in [0.25, 0.3) is 0 Å². The minimum Gasteiger partial charge on any atom is -0.427 e. The van der Waals surface area contributed by atoms with Crippen LogP contribution in [0, 0.1) is 6.92 Å². The molecule has 0 radical (unpaired) electrons. The van der Waals surface area contributed by atoms with Gasteiger partial charge >= 0.3 is 5.63 Å². The highest BCUT2D eigenvalue weighted by Crippen LogP contribution is 2.12. The first-order chi connectivity index (χ1) is 12.5. The van der Waals surface area contributed by atoms with Crippen LogP contribution in [0.5, 0.6) is 0 Å². The van der Waals surface area contributed by atoms with Crippen molar-refractivity contribution in [2.45, 2.75) is 26.3 Å². The van der Waals surface area contributed by atoms with Crippen molar-refractivity contribution in [2.75, 3.05) is 7.05 Å². The van der Waals surface area contributed by atoms with Crippen molar-refractivity contribution in [3.8, 4) is 0 Å². The van der Waals surface area contributed by atoms with Gasteiger partial charge in [-0.05, 0) is 30.5 Å². The van der Waals surface area contributed by atoms with E-state index in [-0.39, 0.29) is 12.1 Å². The molecule has 0 aliphatic heterocycles. The Morgan fingerprint density at radius 3 is 2.62 bits per heavy atom. The SMILES string of the molecule is Cc1cc(CCc2ccccc2)oc(=O)c1C(=O)N(C)Cc1ncon1. The average Bonchev–Trinajstić information content (AvgIpc) is 3.13. The minimum atomic E-state index is -0.627. The third kappa shape index (κ3) is 4.05. The summed E-state index contributed by atoms with van der Waals surface area (Å²) in [5.74, 6) is 0.492. The Balaban J connectivity index is 1.74. The van der Waals surface area contributed by atoms with Crippen molar-refractivity contribution in [3.05, 3.63) is 81.5 Å². The van der Waals surface area contributed by atoms with E-state index in [2.05, 4.69) is 14.7 Å². The van der Waals surface area contributed by atoms with Crippen molar-refractivity contribution < 1.29 is 13.7 Å². The Kier molecular flexibility index (Phi) is 5.26. The molecule has 0 saturated heterocycles. The molecule has 3 aromatic rings. The van der Waals surface area contributed by atoms with Crippen LogP contribution < -0.4 is 5.63 Å². The van der Waals surface area contributed by atoms with E-state index < -0.39 is 11.5 Å². The van der Waals surface area contributed by atoms with Gasteiger partial charge in [-0.15, -0.1) is 0 Å². The number of carbonyl (C=O) groups is 1. The normalized spacial score (nSPS) is 10.7. The van der Waals surface area contributed by atoms with Gasteiger partial charge in [-0.2, -0.15) is 4.98 Å². The lowest BCUT2D eigenvalue weighted by Gasteiger charge is -2.15. The van der Waals surface area contributed by atoms with Crippen molar-refractivity contribution in [1.29, 1.82) is 0 Å². The smallest absolute Gasteiger partial charge is 0.349 e. The zero-order valence-electron chi connectivity index (χ0n) is 14.6. The summed E-state index contributed by atoms with van der Waals surface area (Å²) >= 11 is 0. The van der Waals surface area contributed by atoms with Gasteiger partial charge in [0.05, 0.1) is 6.54 Å². The summed E-state index contributed by atoms with van der Waals surface area (Å²) in [4.78, 5) is 30.2. The number of carbonyl (C=O) groups excluding carboxylic acids is 1. The van der Waals surface area contributed by atoms with Gasteiger partial charge in [0.15, 0.2) is 5.82 Å². The fourth-order valence-electron chi connectivity index (χ4n) is 2.70. The summed E-state index contributed by atoms with van der Waals surface area (Å²) in [5, 5.41) is 3.66. The van der Waals surface area contributed by atoms with Gasteiger partial charge in [-0.25, -0.2) is 4.79 Å². The van der Waals surface area contributed by atoms with Crippen LogP contribution in [-0.2, 0) is 19.4 Å². The molecule has 0 fully saturated rings. The van der Waals surface area contributed by atoms with Gasteiger partial charge in [0.25, 0.3) is 5.91 Å². The predicted molar refractivity (Wildman–Crippen MR) is 93.7 cm³/mol. The van der Waals surface area contributed by atoms with E-state index in [0.717, 1.165) is 12.0 Å². The summed E-state index contributed by atoms with van der Waals surface area (Å²) in [6.07, 6.45) is 2.54. The number of hydrogen-bond donors (Lipinski definition) is 0. The number of aromatic nitrogens is 2. The summed E-state index contributed by atoms with van der Waals surface area (Å²) in [7, 11) is 1.57. The quantitative estimate of drug-likeness (QED) is 0.676. The standard InChI is InChI=1S/C19H19N3O4/c1-13-10-15(9-8-14-6-4-3-5-7-14)26-19(24)17(13)18(23)22(2)11-16-20-12-25-21-16/h3-7,10,12H,8-9,11H2,1-2H3. The van der Waals surface area contributed by atoms with Gasteiger partial charge in [-0.1, -0.05) is 35.5 Å². The molecule has 0 N–H and O–H groups in total. The maximum atomic E-state index is 12.6. The van der Waals surface area contributed by atoms with E-state index in [1.165, 1.54) is 11.3 Å². The van der Waals surface area contributed by atoms with Gasteiger partial charge in [0, 0.05) is 13.5 Å². The highest BCUT2D eigenvalue weighted by atomic mass is 16.5. The fourth-order valence-corrected chi connectivity index (χ4v) is 2.70. The zero-order valence-corrected chi connectivity index (χ0v) is 14.6. The molecule has 0 bridgehead atoms. The van der Waals surface area contributed by atoms with E-state index in [1.54, 1.807) is 20.0 Å². The highest BCUT2D eigenvalue weighted by Gasteiger charge is 2.21. The Labute approximate surface area is 150 Å². The lowest BCUT2D eigenvalue weighted by Crippen LogP contribution is -2.31. The molecule has 0 unspecified atom stereocenters. The summed E-state index contributed by atoms with van der Waals surface area (Å²) < 4.78 is 10.0. The van der Waals surface area contributed by atoms with Crippen molar-refractivity contribution >= 4 is 5.91 Å². The molecule has 2 heterocycles. The molecule has 0 aliphatic rings. The first-order valence-corrected chi connectivity index (χ1v) is 8.23. The van der Waals surface area contributed by atoms with Crippen molar-refractivity contribution in [2.24, 2.45) is 0 Å². The Morgan fingerprint density at radius 1 is 1.19 bits per heavy atom. The number of nitrogens with zero attached hydrogens (tertiary/aromatic N) is 3. The Bertz CT molecular complexity index is 933. The average molecular weight is 353 g/mol. The molecule has 3 rings (SSSR count). The van der Waals surface area contributed by atoms with E-state index >= 15 is 0 Å². The van der Waals surface area contributed by atoms with E-state index in [0.29, 0.717) is 23.6 Å². The molecule has 0 atom stereocenters. The maximum Gasteiger partial charge on any atom is 0.349 e. The van der Waals surface area contributed by atoms with Crippen molar-refractivity contribution in [3.63, 3.8) is 0 Å². The Morgan fingerprint density at radius 2 is 1.96 bits per heavy atom. The summed E-state index contributed by atoms with van der Waals surface area (Å²) in [6, 6.07) is 11.7. The molecular formula is C19H19N3O4. The van der Waals surface area contributed by atoms with Crippen LogP contribution in [0.1, 0.15) is 33.1 Å². The number of aryl methyl sites for hydroxylation is 3. The molecule has 26 heavy (non-hydrogen) atoms. The highest BCUT2D eigenvalue weighted by molar-refractivity contribution is 5.94. The number of amides is 1. The third-order valence-electron chi connectivity index (χ3n) is 4.05. The topological polar surface area (TPSA) is 89.4 Å². The van der Waals surface area contributed by atoms with Crippen LogP contribution in [0.4, 0.5) is 0 Å². The second-order valence-corrected chi connectivity index (χ2v) is 6.05. The van der Waals surface area contributed by atoms with E-state index in [9.17, 15) is 9.59 Å². The summed E-state index contributed by atoms with van der Waals surface area (Å²) in [5.41, 5.74) is 1.15. The maximum absolute atomic E-state index is 12.6. The summed E-state index contributed by atoms with van der Waals surface area (Å²) in [6.45, 7) is 1.88. The fraction of sp³-hybridized carbons (Fsp3) is 0.263. The van der Waals surface area contributed by atoms with E-state index in [4.69, 9.17) is 4.42 Å². The molecule has 0 aliphatic carbocycles. The second-order valence-electron chi connectivity index (χ2n) is 6.05. The minimum absolute atomic E-state index is 0.0273. The lowest BCUT2D eigenvalue weighted by atomic mass is 10.1. The van der Waals surface area contributed by atoms with Crippen LogP contribution >= 0.6 is 0 Å². The van der Waals surface area contributed by atoms with Gasteiger partial charge < -0.3 is 13.8 Å². The molecule has 2 aromatic heterocycles. The van der Waals surface area contributed by atoms with Crippen LogP contribution in [0.2, 0.25) is 0 Å². The first kappa shape index (κ1) is 17.6. The largest absolute Gasteiger partial charge is 0.427 e. The molecule has 7 heteroatoms. The van der Waals surface area contributed by atoms with Gasteiger partial charge in [-0.3, -0.25) is 4.79 Å². The molecule has 134 valence electrons. The molecule has 0 saturated carbocycles. The molecule has 1 aromatic carbocycles. The molecule has 0 spiro atoms. The van der Waals surface area contributed by atoms with Crippen LogP contribution in [0.3, 0.4) is 0 Å². The second kappa shape index (κ2) is 7.77. The monoisotopic (exact) mass is 353 g/mol. The Hall–Kier alpha value is -3.22. The van der Waals surface area contributed by atoms with Crippen molar-refractivity contribution in [1.82, 2.24) is 15.0 Å². The lowest BCUT2D eigenvalue weighted by molar-refractivity contribution is 0.0774. The first-order valence-electron chi connectivity index (χ1n) is 8.23. The number of benzene rings is 1. The zero-order chi connectivity index (χ0) is 18.5. The van der Waals surface area contributed by atoms with Gasteiger partial charge in [0.2, 0.25) is 6.39 Å². The van der Waals surface area contributed by atoms with Gasteiger partial charge in [0.1, 0.15) is 11.3 Å². The molecular weight excluding hydrogens is 334 g/mol. The number of hydrogen-bond acceptors (Lipinski definition) is 6. The number of rotatable bonds is 6.